The van der Waals surface area contributed by atoms with Gasteiger partial charge in [-0.2, -0.15) is 0 Å². The molecule has 0 aliphatic heterocycles. The van der Waals surface area contributed by atoms with Crippen molar-refractivity contribution in [3.05, 3.63) is 53.8 Å². The van der Waals surface area contributed by atoms with Crippen molar-refractivity contribution in [3.8, 4) is 5.75 Å². The smallest absolute Gasteiger partial charge is 0.166 e. The molecule has 5 heteroatoms. The Balaban J connectivity index is 1.82. The number of ether oxygens (including phenoxy) is 1. The molecule has 21 heavy (non-hydrogen) atoms. The van der Waals surface area contributed by atoms with Gasteiger partial charge in [0.2, 0.25) is 0 Å². The number of aromatic amines is 1. The lowest BCUT2D eigenvalue weighted by Gasteiger charge is -2.09. The van der Waals surface area contributed by atoms with Crippen LogP contribution in [0.3, 0.4) is 0 Å². The molecule has 3 nitrogen and oxygen atoms in total. The fourth-order valence-corrected chi connectivity index (χ4v) is 3.07. The van der Waals surface area contributed by atoms with Gasteiger partial charge in [0.05, 0.1) is 18.1 Å². The molecule has 1 heterocycles. The van der Waals surface area contributed by atoms with E-state index in [-0.39, 0.29) is 11.1 Å². The van der Waals surface area contributed by atoms with Gasteiger partial charge < -0.3 is 9.72 Å². The minimum Gasteiger partial charge on any atom is -0.497 e. The number of thioether (sulfide) groups is 1. The Kier molecular flexibility index (Phi) is 3.84. The third-order valence-electron chi connectivity index (χ3n) is 3.30. The Hall–Kier alpha value is -2.01. The fraction of sp³-hybridized carbons (Fsp3) is 0.188. The fourth-order valence-electron chi connectivity index (χ4n) is 2.12. The molecule has 0 aliphatic carbocycles. The van der Waals surface area contributed by atoms with E-state index in [0.29, 0.717) is 0 Å². The number of nitrogens with one attached hydrogen (secondary N) is 1. The van der Waals surface area contributed by atoms with E-state index in [2.05, 4.69) is 16.9 Å². The topological polar surface area (TPSA) is 37.9 Å². The van der Waals surface area contributed by atoms with Crippen molar-refractivity contribution in [2.75, 3.05) is 7.11 Å². The molecule has 1 atom stereocenters. The number of nitrogens with zero attached hydrogens (tertiary/aromatic N) is 1. The number of halogens is 1. The molecule has 0 aliphatic rings. The van der Waals surface area contributed by atoms with Crippen LogP contribution in [-0.4, -0.2) is 17.1 Å². The zero-order chi connectivity index (χ0) is 14.8. The lowest BCUT2D eigenvalue weighted by atomic mass is 10.2. The van der Waals surface area contributed by atoms with E-state index in [1.54, 1.807) is 31.0 Å². The van der Waals surface area contributed by atoms with E-state index in [1.807, 2.05) is 18.2 Å². The van der Waals surface area contributed by atoms with E-state index in [1.165, 1.54) is 12.1 Å². The van der Waals surface area contributed by atoms with Crippen LogP contribution in [0.2, 0.25) is 0 Å². The number of rotatable bonds is 4. The van der Waals surface area contributed by atoms with Crippen molar-refractivity contribution >= 4 is 22.8 Å². The summed E-state index contributed by atoms with van der Waals surface area (Å²) in [5, 5.41) is 1.03. The van der Waals surface area contributed by atoms with Gasteiger partial charge in [-0.3, -0.25) is 0 Å². The molecule has 0 saturated heterocycles. The number of hydrogen-bond donors (Lipinski definition) is 1. The molecule has 0 spiro atoms. The number of aromatic nitrogens is 2. The minimum absolute atomic E-state index is 0.188. The van der Waals surface area contributed by atoms with Gasteiger partial charge in [0.15, 0.2) is 5.16 Å². The van der Waals surface area contributed by atoms with E-state index >= 15 is 0 Å². The largest absolute Gasteiger partial charge is 0.497 e. The first-order valence-electron chi connectivity index (χ1n) is 6.61. The molecule has 3 aromatic rings. The summed E-state index contributed by atoms with van der Waals surface area (Å²) in [6.45, 7) is 2.08. The van der Waals surface area contributed by atoms with Gasteiger partial charge in [-0.25, -0.2) is 9.37 Å². The normalized spacial score (nSPS) is 12.5. The molecule has 1 aromatic heterocycles. The van der Waals surface area contributed by atoms with Crippen molar-refractivity contribution < 1.29 is 9.13 Å². The molecular formula is C16H15FN2OS. The van der Waals surface area contributed by atoms with E-state index < -0.39 is 0 Å². The van der Waals surface area contributed by atoms with Gasteiger partial charge in [0.25, 0.3) is 0 Å². The van der Waals surface area contributed by atoms with Crippen molar-refractivity contribution in [1.82, 2.24) is 9.97 Å². The summed E-state index contributed by atoms with van der Waals surface area (Å²) in [4.78, 5) is 7.83. The first kappa shape index (κ1) is 13.9. The first-order chi connectivity index (χ1) is 10.2. The molecule has 0 amide bonds. The average molecular weight is 302 g/mol. The second kappa shape index (κ2) is 5.77. The molecule has 0 radical (unpaired) electrons. The maximum Gasteiger partial charge on any atom is 0.166 e. The van der Waals surface area contributed by atoms with Gasteiger partial charge >= 0.3 is 0 Å². The monoisotopic (exact) mass is 302 g/mol. The molecule has 0 fully saturated rings. The van der Waals surface area contributed by atoms with E-state index in [4.69, 9.17) is 4.74 Å². The molecule has 1 N–H and O–H groups in total. The van der Waals surface area contributed by atoms with Crippen molar-refractivity contribution in [2.24, 2.45) is 0 Å². The summed E-state index contributed by atoms with van der Waals surface area (Å²) in [6.07, 6.45) is 0. The SMILES string of the molecule is COc1ccc2nc(S[C@H](C)c3ccc(F)cc3)[nH]c2c1. The standard InChI is InChI=1S/C16H15FN2OS/c1-10(11-3-5-12(17)6-4-11)21-16-18-14-8-7-13(20-2)9-15(14)19-16/h3-10H,1-2H3,(H,18,19)/t10-/m1/s1. The van der Waals surface area contributed by atoms with Gasteiger partial charge in [0, 0.05) is 11.3 Å². The van der Waals surface area contributed by atoms with Gasteiger partial charge in [0.1, 0.15) is 11.6 Å². The number of fused-ring (bicyclic) bond motifs is 1. The molecule has 0 saturated carbocycles. The van der Waals surface area contributed by atoms with Gasteiger partial charge in [-0.1, -0.05) is 23.9 Å². The highest BCUT2D eigenvalue weighted by molar-refractivity contribution is 7.99. The Bertz CT molecular complexity index is 755. The molecule has 0 bridgehead atoms. The molecule has 3 rings (SSSR count). The predicted octanol–water partition coefficient (Wildman–Crippen LogP) is 4.56. The van der Waals surface area contributed by atoms with Gasteiger partial charge in [-0.15, -0.1) is 0 Å². The zero-order valence-electron chi connectivity index (χ0n) is 11.8. The van der Waals surface area contributed by atoms with E-state index in [9.17, 15) is 4.39 Å². The molecule has 0 unspecified atom stereocenters. The highest BCUT2D eigenvalue weighted by atomic mass is 32.2. The quantitative estimate of drug-likeness (QED) is 0.718. The Labute approximate surface area is 126 Å². The third-order valence-corrected chi connectivity index (χ3v) is 4.34. The summed E-state index contributed by atoms with van der Waals surface area (Å²) in [7, 11) is 1.64. The van der Waals surface area contributed by atoms with Crippen LogP contribution in [0.5, 0.6) is 5.75 Å². The Morgan fingerprint density at radius 2 is 1.95 bits per heavy atom. The summed E-state index contributed by atoms with van der Waals surface area (Å²) in [5.41, 5.74) is 2.92. The van der Waals surface area contributed by atoms with Crippen LogP contribution in [0, 0.1) is 5.82 Å². The van der Waals surface area contributed by atoms with Crippen LogP contribution in [0.1, 0.15) is 17.7 Å². The van der Waals surface area contributed by atoms with Gasteiger partial charge in [-0.05, 0) is 36.8 Å². The predicted molar refractivity (Wildman–Crippen MR) is 83.3 cm³/mol. The Morgan fingerprint density at radius 3 is 2.67 bits per heavy atom. The number of hydrogen-bond acceptors (Lipinski definition) is 3. The summed E-state index contributed by atoms with van der Waals surface area (Å²) >= 11 is 1.61. The maximum absolute atomic E-state index is 13.0. The van der Waals surface area contributed by atoms with Crippen molar-refractivity contribution in [2.45, 2.75) is 17.3 Å². The number of imidazole rings is 1. The van der Waals surface area contributed by atoms with Crippen LogP contribution in [0.4, 0.5) is 4.39 Å². The van der Waals surface area contributed by atoms with E-state index in [0.717, 1.165) is 27.5 Å². The molecule has 2 aromatic carbocycles. The highest BCUT2D eigenvalue weighted by Crippen LogP contribution is 2.34. The second-order valence-electron chi connectivity index (χ2n) is 4.74. The van der Waals surface area contributed by atoms with Crippen molar-refractivity contribution in [3.63, 3.8) is 0 Å². The minimum atomic E-state index is -0.216. The summed E-state index contributed by atoms with van der Waals surface area (Å²) in [5.74, 6) is 0.584. The number of H-pyrrole nitrogens is 1. The maximum atomic E-state index is 13.0. The second-order valence-corrected chi connectivity index (χ2v) is 6.07. The number of benzene rings is 2. The van der Waals surface area contributed by atoms with Crippen LogP contribution in [-0.2, 0) is 0 Å². The van der Waals surface area contributed by atoms with Crippen LogP contribution in [0.25, 0.3) is 11.0 Å². The average Bonchev–Trinajstić information content (AvgIpc) is 2.88. The van der Waals surface area contributed by atoms with Crippen LogP contribution in [0.15, 0.2) is 47.6 Å². The Morgan fingerprint density at radius 1 is 1.19 bits per heavy atom. The van der Waals surface area contributed by atoms with Crippen LogP contribution >= 0.6 is 11.8 Å². The molecular weight excluding hydrogens is 287 g/mol. The summed E-state index contributed by atoms with van der Waals surface area (Å²) in [6, 6.07) is 12.3. The first-order valence-corrected chi connectivity index (χ1v) is 7.49. The molecule has 108 valence electrons. The summed E-state index contributed by atoms with van der Waals surface area (Å²) < 4.78 is 18.2. The lowest BCUT2D eigenvalue weighted by Crippen LogP contribution is -1.89. The third kappa shape index (κ3) is 3.03. The number of methoxy groups -OCH3 is 1. The van der Waals surface area contributed by atoms with Crippen LogP contribution < -0.4 is 4.74 Å². The highest BCUT2D eigenvalue weighted by Gasteiger charge is 2.11. The van der Waals surface area contributed by atoms with Crippen molar-refractivity contribution in [1.29, 1.82) is 0 Å². The zero-order valence-corrected chi connectivity index (χ0v) is 12.6. The lowest BCUT2D eigenvalue weighted by molar-refractivity contribution is 0.415.